The predicted molar refractivity (Wildman–Crippen MR) is 144 cm³/mol. The van der Waals surface area contributed by atoms with Crippen molar-refractivity contribution in [3.63, 3.8) is 0 Å². The van der Waals surface area contributed by atoms with E-state index in [2.05, 4.69) is 26.3 Å². The van der Waals surface area contributed by atoms with Crippen molar-refractivity contribution in [2.24, 2.45) is 10.8 Å². The van der Waals surface area contributed by atoms with Crippen molar-refractivity contribution in [3.05, 3.63) is 50.6 Å². The number of aliphatic hydroxyl groups excluding tert-OH is 2. The van der Waals surface area contributed by atoms with Crippen molar-refractivity contribution < 1.29 is 67.4 Å². The molecular formula is C28H38O14. The minimum absolute atomic E-state index is 0.122. The number of esters is 6. The van der Waals surface area contributed by atoms with Gasteiger partial charge in [0.2, 0.25) is 0 Å². The molecule has 42 heavy (non-hydrogen) atoms. The number of hydrogen-bond acceptors (Lipinski definition) is 14. The smallest absolute Gasteiger partial charge is 0.330 e. The summed E-state index contributed by atoms with van der Waals surface area (Å²) in [6, 6.07) is 0. The summed E-state index contributed by atoms with van der Waals surface area (Å²) in [5.74, 6) is -4.58. The number of unbranched alkanes of at least 4 members (excludes halogenated alkanes) is 1. The van der Waals surface area contributed by atoms with Gasteiger partial charge in [0.05, 0.1) is 24.0 Å². The Balaban J connectivity index is 4.87. The van der Waals surface area contributed by atoms with E-state index >= 15 is 0 Å². The van der Waals surface area contributed by atoms with Crippen LogP contribution in [-0.2, 0) is 57.2 Å². The van der Waals surface area contributed by atoms with Crippen molar-refractivity contribution in [2.75, 3.05) is 52.9 Å². The second-order valence-corrected chi connectivity index (χ2v) is 9.09. The van der Waals surface area contributed by atoms with E-state index in [0.29, 0.717) is 0 Å². The molecule has 0 saturated carbocycles. The Labute approximate surface area is 243 Å². The number of carbonyl (C=O) groups excluding carboxylic acids is 6. The van der Waals surface area contributed by atoms with Crippen LogP contribution >= 0.6 is 0 Å². The third-order valence-corrected chi connectivity index (χ3v) is 5.51. The van der Waals surface area contributed by atoms with Gasteiger partial charge in [-0.15, -0.1) is 0 Å². The van der Waals surface area contributed by atoms with Gasteiger partial charge in [0, 0.05) is 37.1 Å². The van der Waals surface area contributed by atoms with Crippen molar-refractivity contribution >= 4 is 35.8 Å². The van der Waals surface area contributed by atoms with Gasteiger partial charge in [0.1, 0.15) is 39.6 Å². The molecule has 0 aliphatic carbocycles. The lowest BCUT2D eigenvalue weighted by Crippen LogP contribution is -2.42. The van der Waals surface area contributed by atoms with Crippen LogP contribution in [0.15, 0.2) is 50.6 Å². The summed E-state index contributed by atoms with van der Waals surface area (Å²) in [5, 5.41) is 19.7. The average Bonchev–Trinajstić information content (AvgIpc) is 3.01. The second-order valence-electron chi connectivity index (χ2n) is 9.09. The van der Waals surface area contributed by atoms with Crippen LogP contribution in [0, 0.1) is 10.8 Å². The standard InChI is InChI=1S/C28H38O14/c1-5-21(31)37-15-27(13-29,16-38-22(32)6-2)19-41-25(35)11-9-10-12-26(36)42-20-28(14-30,17-39-23(33)7-3)18-40-24(34)8-4/h5-8,29-30H,1-4,9-20H2. The van der Waals surface area contributed by atoms with Crippen molar-refractivity contribution in [1.29, 1.82) is 0 Å². The quantitative estimate of drug-likeness (QED) is 0.0713. The normalized spacial score (nSPS) is 10.8. The average molecular weight is 599 g/mol. The molecule has 0 rings (SSSR count). The molecule has 0 heterocycles. The Hall–Kier alpha value is -4.30. The van der Waals surface area contributed by atoms with Crippen LogP contribution < -0.4 is 0 Å². The third kappa shape index (κ3) is 15.5. The zero-order valence-corrected chi connectivity index (χ0v) is 23.4. The lowest BCUT2D eigenvalue weighted by molar-refractivity contribution is -0.164. The van der Waals surface area contributed by atoms with Gasteiger partial charge in [-0.05, 0) is 12.8 Å². The summed E-state index contributed by atoms with van der Waals surface area (Å²) in [6.07, 6.45) is 3.75. The Kier molecular flexibility index (Phi) is 18.5. The molecule has 2 N–H and O–H groups in total. The second kappa shape index (κ2) is 20.6. The molecule has 14 nitrogen and oxygen atoms in total. The molecule has 0 aromatic heterocycles. The van der Waals surface area contributed by atoms with Gasteiger partial charge in [-0.1, -0.05) is 26.3 Å². The van der Waals surface area contributed by atoms with Gasteiger partial charge in [-0.3, -0.25) is 9.59 Å². The molecule has 0 aromatic rings. The van der Waals surface area contributed by atoms with Crippen LogP contribution in [-0.4, -0.2) is 98.9 Å². The molecule has 0 fully saturated rings. The van der Waals surface area contributed by atoms with Gasteiger partial charge in [-0.2, -0.15) is 0 Å². The molecular weight excluding hydrogens is 560 g/mol. The van der Waals surface area contributed by atoms with Crippen LogP contribution in [0.3, 0.4) is 0 Å². The van der Waals surface area contributed by atoms with E-state index < -0.39 is 99.5 Å². The van der Waals surface area contributed by atoms with Crippen molar-refractivity contribution in [3.8, 4) is 0 Å². The lowest BCUT2D eigenvalue weighted by Gasteiger charge is -2.30. The minimum Gasteiger partial charge on any atom is -0.465 e. The Morgan fingerprint density at radius 3 is 0.929 bits per heavy atom. The van der Waals surface area contributed by atoms with Crippen LogP contribution in [0.4, 0.5) is 0 Å². The SMILES string of the molecule is C=CC(=O)OCC(CO)(COC(=O)C=C)COC(=O)CCCCC(=O)OCC(CO)(COC(=O)C=C)COC(=O)C=C. The van der Waals surface area contributed by atoms with Crippen molar-refractivity contribution in [1.82, 2.24) is 0 Å². The van der Waals surface area contributed by atoms with Gasteiger partial charge in [0.25, 0.3) is 0 Å². The maximum atomic E-state index is 12.2. The van der Waals surface area contributed by atoms with Crippen LogP contribution in [0.1, 0.15) is 25.7 Å². The van der Waals surface area contributed by atoms with Crippen LogP contribution in [0.2, 0.25) is 0 Å². The highest BCUT2D eigenvalue weighted by Gasteiger charge is 2.36. The topological polar surface area (TPSA) is 198 Å². The third-order valence-electron chi connectivity index (χ3n) is 5.51. The highest BCUT2D eigenvalue weighted by molar-refractivity contribution is 5.82. The molecule has 0 aromatic carbocycles. The fraction of sp³-hybridized carbons (Fsp3) is 0.500. The summed E-state index contributed by atoms with van der Waals surface area (Å²) in [6.45, 7) is 9.07. The maximum Gasteiger partial charge on any atom is 0.330 e. The van der Waals surface area contributed by atoms with E-state index in [9.17, 15) is 39.0 Å². The number of aliphatic hydroxyl groups is 2. The summed E-state index contributed by atoms with van der Waals surface area (Å²) >= 11 is 0. The lowest BCUT2D eigenvalue weighted by atomic mass is 9.92. The largest absolute Gasteiger partial charge is 0.465 e. The number of rotatable bonds is 23. The van der Waals surface area contributed by atoms with Crippen LogP contribution in [0.25, 0.3) is 0 Å². The summed E-state index contributed by atoms with van der Waals surface area (Å²) in [5.41, 5.74) is -2.87. The van der Waals surface area contributed by atoms with Crippen LogP contribution in [0.5, 0.6) is 0 Å². The summed E-state index contributed by atoms with van der Waals surface area (Å²) in [4.78, 5) is 70.3. The van der Waals surface area contributed by atoms with E-state index in [4.69, 9.17) is 28.4 Å². The zero-order chi connectivity index (χ0) is 32.0. The van der Waals surface area contributed by atoms with Gasteiger partial charge < -0.3 is 38.6 Å². The van der Waals surface area contributed by atoms with Gasteiger partial charge in [0.15, 0.2) is 0 Å². The highest BCUT2D eigenvalue weighted by Crippen LogP contribution is 2.21. The van der Waals surface area contributed by atoms with Gasteiger partial charge in [-0.25, -0.2) is 19.2 Å². The fourth-order valence-corrected chi connectivity index (χ4v) is 2.81. The van der Waals surface area contributed by atoms with E-state index in [-0.39, 0.29) is 25.7 Å². The van der Waals surface area contributed by atoms with Gasteiger partial charge >= 0.3 is 35.8 Å². The predicted octanol–water partition coefficient (Wildman–Crippen LogP) is 0.507. The minimum atomic E-state index is -1.43. The fourth-order valence-electron chi connectivity index (χ4n) is 2.81. The van der Waals surface area contributed by atoms with E-state index in [1.807, 2.05) is 0 Å². The molecule has 14 heteroatoms. The molecule has 0 amide bonds. The van der Waals surface area contributed by atoms with E-state index in [0.717, 1.165) is 24.3 Å². The number of carbonyl (C=O) groups is 6. The first-order chi connectivity index (χ1) is 19.9. The summed E-state index contributed by atoms with van der Waals surface area (Å²) < 4.78 is 30.1. The Morgan fingerprint density at radius 1 is 0.476 bits per heavy atom. The molecule has 0 unspecified atom stereocenters. The first kappa shape index (κ1) is 37.7. The molecule has 234 valence electrons. The molecule has 0 aliphatic heterocycles. The Bertz CT molecular complexity index is 857. The number of hydrogen-bond donors (Lipinski definition) is 2. The molecule has 0 atom stereocenters. The first-order valence-electron chi connectivity index (χ1n) is 12.6. The number of ether oxygens (including phenoxy) is 6. The zero-order valence-electron chi connectivity index (χ0n) is 23.4. The highest BCUT2D eigenvalue weighted by atomic mass is 16.6. The summed E-state index contributed by atoms with van der Waals surface area (Å²) in [7, 11) is 0. The first-order valence-corrected chi connectivity index (χ1v) is 12.6. The van der Waals surface area contributed by atoms with E-state index in [1.54, 1.807) is 0 Å². The Morgan fingerprint density at radius 2 is 0.714 bits per heavy atom. The molecule has 0 aliphatic rings. The molecule has 0 bridgehead atoms. The monoisotopic (exact) mass is 598 g/mol. The molecule has 0 radical (unpaired) electrons. The molecule has 0 spiro atoms. The maximum absolute atomic E-state index is 12.2. The van der Waals surface area contributed by atoms with E-state index in [1.165, 1.54) is 0 Å². The van der Waals surface area contributed by atoms with Crippen molar-refractivity contribution in [2.45, 2.75) is 25.7 Å². The molecule has 0 saturated heterocycles.